The number of rotatable bonds is 1. The molecule has 2 heterocycles. The Bertz CT molecular complexity index is 922. The lowest BCUT2D eigenvalue weighted by Gasteiger charge is -2.10. The summed E-state index contributed by atoms with van der Waals surface area (Å²) in [7, 11) is 1.59. The normalized spacial score (nSPS) is 12.4. The number of ketones is 1. The van der Waals surface area contributed by atoms with Crippen molar-refractivity contribution in [1.29, 1.82) is 0 Å². The standard InChI is InChI=1S/C16H9ClN2O2/c1-21-10-6-2-5-9-12(10)11-8-4-3-7-18-14(8)15(20)13(11)16(17)19-9/h2-7H,1H3. The van der Waals surface area contributed by atoms with Crippen LogP contribution in [0.1, 0.15) is 16.1 Å². The first-order valence-corrected chi connectivity index (χ1v) is 6.76. The predicted octanol–water partition coefficient (Wildman–Crippen LogP) is 3.50. The van der Waals surface area contributed by atoms with E-state index in [0.29, 0.717) is 22.5 Å². The van der Waals surface area contributed by atoms with Crippen molar-refractivity contribution in [3.63, 3.8) is 0 Å². The Morgan fingerprint density at radius 1 is 1.14 bits per heavy atom. The molecule has 4 nitrogen and oxygen atoms in total. The monoisotopic (exact) mass is 296 g/mol. The highest BCUT2D eigenvalue weighted by Crippen LogP contribution is 2.45. The molecule has 0 unspecified atom stereocenters. The summed E-state index contributed by atoms with van der Waals surface area (Å²) in [6.07, 6.45) is 1.60. The number of halogens is 1. The van der Waals surface area contributed by atoms with Crippen LogP contribution in [0.4, 0.5) is 0 Å². The van der Waals surface area contributed by atoms with Crippen LogP contribution in [-0.4, -0.2) is 22.9 Å². The van der Waals surface area contributed by atoms with Crippen molar-refractivity contribution >= 4 is 28.3 Å². The van der Waals surface area contributed by atoms with E-state index in [2.05, 4.69) is 9.97 Å². The molecule has 0 saturated carbocycles. The third kappa shape index (κ3) is 1.53. The van der Waals surface area contributed by atoms with Gasteiger partial charge in [-0.25, -0.2) is 4.98 Å². The third-order valence-electron chi connectivity index (χ3n) is 3.67. The summed E-state index contributed by atoms with van der Waals surface area (Å²) in [5.74, 6) is 0.475. The molecule has 0 aliphatic heterocycles. The third-order valence-corrected chi connectivity index (χ3v) is 3.94. The molecule has 3 aromatic rings. The topological polar surface area (TPSA) is 52.1 Å². The van der Waals surface area contributed by atoms with Crippen molar-refractivity contribution in [3.05, 3.63) is 52.9 Å². The molecule has 0 spiro atoms. The SMILES string of the molecule is COc1cccc2nc(Cl)c3c(c12)-c1cccnc1C3=O. The summed E-state index contributed by atoms with van der Waals surface area (Å²) in [5, 5.41) is 0.994. The first-order chi connectivity index (χ1) is 10.2. The Morgan fingerprint density at radius 2 is 2.00 bits per heavy atom. The molecule has 0 radical (unpaired) electrons. The number of aromatic nitrogens is 2. The molecule has 1 aliphatic carbocycles. The Labute approximate surface area is 125 Å². The Balaban J connectivity index is 2.26. The molecule has 2 aromatic heterocycles. The molecule has 0 atom stereocenters. The van der Waals surface area contributed by atoms with Crippen LogP contribution in [0.5, 0.6) is 5.75 Å². The van der Waals surface area contributed by atoms with Crippen LogP contribution in [0, 0.1) is 0 Å². The van der Waals surface area contributed by atoms with Gasteiger partial charge in [0.15, 0.2) is 0 Å². The van der Waals surface area contributed by atoms with E-state index in [1.807, 2.05) is 24.3 Å². The number of nitrogens with zero attached hydrogens (tertiary/aromatic N) is 2. The zero-order valence-electron chi connectivity index (χ0n) is 11.1. The summed E-state index contributed by atoms with van der Waals surface area (Å²) in [6.45, 7) is 0. The van der Waals surface area contributed by atoms with Crippen molar-refractivity contribution in [2.75, 3.05) is 7.11 Å². The van der Waals surface area contributed by atoms with Crippen molar-refractivity contribution in [1.82, 2.24) is 9.97 Å². The van der Waals surface area contributed by atoms with Gasteiger partial charge in [0.25, 0.3) is 0 Å². The smallest absolute Gasteiger partial charge is 0.215 e. The van der Waals surface area contributed by atoms with Gasteiger partial charge in [-0.05, 0) is 18.2 Å². The number of hydrogen-bond acceptors (Lipinski definition) is 4. The molecular formula is C16H9ClN2O2. The lowest BCUT2D eigenvalue weighted by Crippen LogP contribution is -2.00. The van der Waals surface area contributed by atoms with E-state index in [0.717, 1.165) is 16.5 Å². The molecule has 0 amide bonds. The number of methoxy groups -OCH3 is 1. The largest absolute Gasteiger partial charge is 0.496 e. The number of hydrogen-bond donors (Lipinski definition) is 0. The fourth-order valence-corrected chi connectivity index (χ4v) is 3.08. The molecule has 102 valence electrons. The Hall–Kier alpha value is -2.46. The summed E-state index contributed by atoms with van der Waals surface area (Å²) < 4.78 is 5.43. The molecule has 0 bridgehead atoms. The van der Waals surface area contributed by atoms with Gasteiger partial charge in [-0.2, -0.15) is 0 Å². The average molecular weight is 297 g/mol. The van der Waals surface area contributed by atoms with E-state index in [1.54, 1.807) is 19.4 Å². The quantitative estimate of drug-likeness (QED) is 0.504. The van der Waals surface area contributed by atoms with Crippen molar-refractivity contribution in [3.8, 4) is 16.9 Å². The van der Waals surface area contributed by atoms with Gasteiger partial charge in [0, 0.05) is 17.3 Å². The van der Waals surface area contributed by atoms with Gasteiger partial charge < -0.3 is 4.74 Å². The van der Waals surface area contributed by atoms with Gasteiger partial charge in [-0.3, -0.25) is 9.78 Å². The van der Waals surface area contributed by atoms with E-state index in [-0.39, 0.29) is 10.9 Å². The Morgan fingerprint density at radius 3 is 2.81 bits per heavy atom. The second-order valence-corrected chi connectivity index (χ2v) is 5.09. The van der Waals surface area contributed by atoms with Gasteiger partial charge in [-0.1, -0.05) is 23.7 Å². The highest BCUT2D eigenvalue weighted by atomic mass is 35.5. The zero-order valence-corrected chi connectivity index (χ0v) is 11.8. The molecule has 4 rings (SSSR count). The van der Waals surface area contributed by atoms with Crippen LogP contribution in [0.3, 0.4) is 0 Å². The second kappa shape index (κ2) is 4.27. The maximum atomic E-state index is 12.5. The van der Waals surface area contributed by atoms with Crippen LogP contribution in [0.15, 0.2) is 36.5 Å². The second-order valence-electron chi connectivity index (χ2n) is 4.74. The highest BCUT2D eigenvalue weighted by molar-refractivity contribution is 6.38. The van der Waals surface area contributed by atoms with Gasteiger partial charge in [0.2, 0.25) is 5.78 Å². The molecule has 1 aliphatic rings. The maximum absolute atomic E-state index is 12.5. The fourth-order valence-electron chi connectivity index (χ4n) is 2.81. The number of fused-ring (bicyclic) bond motifs is 5. The van der Waals surface area contributed by atoms with Crippen molar-refractivity contribution < 1.29 is 9.53 Å². The summed E-state index contributed by atoms with van der Waals surface area (Å²) in [6, 6.07) is 9.21. The minimum Gasteiger partial charge on any atom is -0.496 e. The first-order valence-electron chi connectivity index (χ1n) is 6.38. The fraction of sp³-hybridized carbons (Fsp3) is 0.0625. The number of carbonyl (C=O) groups is 1. The lowest BCUT2D eigenvalue weighted by atomic mass is 10.0. The van der Waals surface area contributed by atoms with Crippen LogP contribution in [-0.2, 0) is 0 Å². The molecule has 0 fully saturated rings. The van der Waals surface area contributed by atoms with E-state index >= 15 is 0 Å². The molecular weight excluding hydrogens is 288 g/mol. The predicted molar refractivity (Wildman–Crippen MR) is 80.0 cm³/mol. The molecule has 21 heavy (non-hydrogen) atoms. The van der Waals surface area contributed by atoms with Crippen molar-refractivity contribution in [2.24, 2.45) is 0 Å². The van der Waals surface area contributed by atoms with Gasteiger partial charge in [0.05, 0.1) is 23.6 Å². The van der Waals surface area contributed by atoms with Gasteiger partial charge in [0.1, 0.15) is 16.6 Å². The van der Waals surface area contributed by atoms with E-state index in [4.69, 9.17) is 16.3 Å². The molecule has 0 saturated heterocycles. The van der Waals surface area contributed by atoms with E-state index < -0.39 is 0 Å². The van der Waals surface area contributed by atoms with Crippen LogP contribution in [0.2, 0.25) is 5.15 Å². The Kier molecular flexibility index (Phi) is 2.50. The van der Waals surface area contributed by atoms with Crippen LogP contribution in [0.25, 0.3) is 22.0 Å². The minimum atomic E-state index is -0.189. The summed E-state index contributed by atoms with van der Waals surface area (Å²) in [5.41, 5.74) is 3.05. The van der Waals surface area contributed by atoms with Gasteiger partial charge >= 0.3 is 0 Å². The van der Waals surface area contributed by atoms with E-state index in [9.17, 15) is 4.79 Å². The lowest BCUT2D eigenvalue weighted by molar-refractivity contribution is 0.103. The highest BCUT2D eigenvalue weighted by Gasteiger charge is 2.33. The number of benzene rings is 1. The van der Waals surface area contributed by atoms with Crippen LogP contribution < -0.4 is 4.74 Å². The zero-order chi connectivity index (χ0) is 14.6. The maximum Gasteiger partial charge on any atom is 0.215 e. The molecule has 5 heteroatoms. The average Bonchev–Trinajstić information content (AvgIpc) is 2.81. The minimum absolute atomic E-state index is 0.189. The number of carbonyl (C=O) groups excluding carboxylic acids is 1. The number of ether oxygens (including phenoxy) is 1. The first kappa shape index (κ1) is 12.3. The molecule has 1 aromatic carbocycles. The number of pyridine rings is 2. The summed E-state index contributed by atoms with van der Waals surface area (Å²) in [4.78, 5) is 21.0. The van der Waals surface area contributed by atoms with Gasteiger partial charge in [-0.15, -0.1) is 0 Å². The summed E-state index contributed by atoms with van der Waals surface area (Å²) >= 11 is 6.23. The molecule has 0 N–H and O–H groups in total. The van der Waals surface area contributed by atoms with Crippen LogP contribution >= 0.6 is 11.6 Å². The van der Waals surface area contributed by atoms with Crippen molar-refractivity contribution in [2.45, 2.75) is 0 Å². The van der Waals surface area contributed by atoms with E-state index in [1.165, 1.54) is 0 Å².